The van der Waals surface area contributed by atoms with E-state index in [1.807, 2.05) is 6.92 Å². The third-order valence-electron chi connectivity index (χ3n) is 3.06. The van der Waals surface area contributed by atoms with Crippen LogP contribution in [0.15, 0.2) is 0 Å². The number of hydrogen-bond donors (Lipinski definition) is 2. The highest BCUT2D eigenvalue weighted by Gasteiger charge is 2.15. The Balaban J connectivity index is 2.13. The van der Waals surface area contributed by atoms with E-state index in [9.17, 15) is 4.79 Å². The average Bonchev–Trinajstić information content (AvgIpc) is 2.37. The van der Waals surface area contributed by atoms with E-state index in [2.05, 4.69) is 5.32 Å². The lowest BCUT2D eigenvalue weighted by Crippen LogP contribution is -2.42. The minimum absolute atomic E-state index is 0.00694. The van der Waals surface area contributed by atoms with Crippen molar-refractivity contribution in [3.8, 4) is 0 Å². The van der Waals surface area contributed by atoms with Crippen LogP contribution in [-0.4, -0.2) is 55.0 Å². The van der Waals surface area contributed by atoms with Crippen LogP contribution in [0.25, 0.3) is 0 Å². The Bertz CT molecular complexity index is 218. The average molecular weight is 244 g/mol. The summed E-state index contributed by atoms with van der Waals surface area (Å²) in [6.45, 7) is 4.41. The number of hydrogen-bond acceptors (Lipinski definition) is 3. The van der Waals surface area contributed by atoms with Gasteiger partial charge in [-0.25, -0.2) is 4.79 Å². The number of ether oxygens (including phenoxy) is 1. The molecule has 100 valence electrons. The maximum absolute atomic E-state index is 11.7. The number of rotatable bonds is 6. The van der Waals surface area contributed by atoms with Crippen LogP contribution in [0, 0.1) is 0 Å². The summed E-state index contributed by atoms with van der Waals surface area (Å²) in [5.41, 5.74) is 0. The maximum atomic E-state index is 11.7. The molecule has 2 N–H and O–H groups in total. The van der Waals surface area contributed by atoms with E-state index >= 15 is 0 Å². The second-order valence-electron chi connectivity index (χ2n) is 4.31. The number of urea groups is 1. The first-order chi connectivity index (χ1) is 8.27. The Kier molecular flexibility index (Phi) is 6.96. The number of carbonyl (C=O) groups is 1. The van der Waals surface area contributed by atoms with Gasteiger partial charge in [-0.1, -0.05) is 0 Å². The summed E-state index contributed by atoms with van der Waals surface area (Å²) in [6, 6.07) is -0.0997. The highest BCUT2D eigenvalue weighted by molar-refractivity contribution is 5.74. The van der Waals surface area contributed by atoms with Crippen LogP contribution < -0.4 is 5.32 Å². The Morgan fingerprint density at radius 1 is 1.53 bits per heavy atom. The topological polar surface area (TPSA) is 61.8 Å². The molecule has 0 radical (unpaired) electrons. The molecule has 5 heteroatoms. The van der Waals surface area contributed by atoms with Crippen molar-refractivity contribution < 1.29 is 14.6 Å². The smallest absolute Gasteiger partial charge is 0.317 e. The molecule has 0 aromatic rings. The normalized spacial score (nSPS) is 20.0. The number of carbonyl (C=O) groups excluding carboxylic acids is 1. The molecule has 1 aliphatic rings. The molecular formula is C12H24N2O3. The van der Waals surface area contributed by atoms with Crippen LogP contribution in [-0.2, 0) is 4.74 Å². The first-order valence-corrected chi connectivity index (χ1v) is 6.53. The second-order valence-corrected chi connectivity index (χ2v) is 4.31. The number of aliphatic hydroxyl groups excluding tert-OH is 1. The van der Waals surface area contributed by atoms with E-state index in [-0.39, 0.29) is 12.6 Å². The summed E-state index contributed by atoms with van der Waals surface area (Å²) in [4.78, 5) is 13.3. The molecule has 1 aliphatic heterocycles. The lowest BCUT2D eigenvalue weighted by atomic mass is 10.1. The number of amides is 2. The van der Waals surface area contributed by atoms with Crippen LogP contribution in [0.2, 0.25) is 0 Å². The lowest BCUT2D eigenvalue weighted by Gasteiger charge is -2.24. The van der Waals surface area contributed by atoms with Gasteiger partial charge in [-0.2, -0.15) is 0 Å². The van der Waals surface area contributed by atoms with Crippen molar-refractivity contribution in [2.75, 3.05) is 32.8 Å². The molecule has 17 heavy (non-hydrogen) atoms. The summed E-state index contributed by atoms with van der Waals surface area (Å²) in [7, 11) is 0. The van der Waals surface area contributed by atoms with Gasteiger partial charge in [-0.3, -0.25) is 0 Å². The largest absolute Gasteiger partial charge is 0.395 e. The number of nitrogens with one attached hydrogen (secondary N) is 1. The molecule has 2 amide bonds. The zero-order chi connectivity index (χ0) is 12.5. The molecule has 0 bridgehead atoms. The highest BCUT2D eigenvalue weighted by atomic mass is 16.5. The third kappa shape index (κ3) is 5.37. The molecule has 0 aliphatic carbocycles. The summed E-state index contributed by atoms with van der Waals surface area (Å²) < 4.78 is 5.59. The standard InChI is InChI=1S/C12H24N2O3/c1-2-14(8-9-15)12(16)13-7-6-11-5-3-4-10-17-11/h11,15H,2-10H2,1H3,(H,13,16). The van der Waals surface area contributed by atoms with Crippen molar-refractivity contribution in [2.45, 2.75) is 38.7 Å². The van der Waals surface area contributed by atoms with Crippen LogP contribution in [0.5, 0.6) is 0 Å². The molecule has 1 rings (SSSR count). The molecular weight excluding hydrogens is 220 g/mol. The molecule has 0 spiro atoms. The Morgan fingerprint density at radius 3 is 2.94 bits per heavy atom. The zero-order valence-corrected chi connectivity index (χ0v) is 10.7. The Labute approximate surface area is 103 Å². The van der Waals surface area contributed by atoms with Gasteiger partial charge in [0, 0.05) is 26.2 Å². The van der Waals surface area contributed by atoms with Gasteiger partial charge in [0.25, 0.3) is 0 Å². The van der Waals surface area contributed by atoms with Gasteiger partial charge in [-0.15, -0.1) is 0 Å². The van der Waals surface area contributed by atoms with Gasteiger partial charge in [0.1, 0.15) is 0 Å². The first kappa shape index (κ1) is 14.3. The van der Waals surface area contributed by atoms with E-state index in [0.29, 0.717) is 25.7 Å². The quantitative estimate of drug-likeness (QED) is 0.732. The van der Waals surface area contributed by atoms with Crippen molar-refractivity contribution in [3.63, 3.8) is 0 Å². The molecule has 0 aromatic heterocycles. The van der Waals surface area contributed by atoms with E-state index in [0.717, 1.165) is 25.9 Å². The van der Waals surface area contributed by atoms with E-state index in [1.54, 1.807) is 4.90 Å². The Hall–Kier alpha value is -0.810. The number of aliphatic hydroxyl groups is 1. The van der Waals surface area contributed by atoms with Crippen molar-refractivity contribution in [3.05, 3.63) is 0 Å². The summed E-state index contributed by atoms with van der Waals surface area (Å²) in [6.07, 6.45) is 4.66. The Morgan fingerprint density at radius 2 is 2.35 bits per heavy atom. The van der Waals surface area contributed by atoms with Crippen molar-refractivity contribution in [1.29, 1.82) is 0 Å². The number of nitrogens with zero attached hydrogens (tertiary/aromatic N) is 1. The fraction of sp³-hybridized carbons (Fsp3) is 0.917. The minimum atomic E-state index is -0.0997. The van der Waals surface area contributed by atoms with Gasteiger partial charge < -0.3 is 20.1 Å². The fourth-order valence-electron chi connectivity index (χ4n) is 2.01. The molecule has 1 saturated heterocycles. The SMILES string of the molecule is CCN(CCO)C(=O)NCCC1CCCCO1. The fourth-order valence-corrected chi connectivity index (χ4v) is 2.01. The van der Waals surface area contributed by atoms with Crippen LogP contribution in [0.4, 0.5) is 4.79 Å². The van der Waals surface area contributed by atoms with Crippen LogP contribution in [0.3, 0.4) is 0 Å². The van der Waals surface area contributed by atoms with Crippen LogP contribution in [0.1, 0.15) is 32.6 Å². The molecule has 1 heterocycles. The van der Waals surface area contributed by atoms with Crippen LogP contribution >= 0.6 is 0 Å². The van der Waals surface area contributed by atoms with Gasteiger partial charge in [-0.05, 0) is 32.6 Å². The molecule has 1 unspecified atom stereocenters. The molecule has 0 aromatic carbocycles. The summed E-state index contributed by atoms with van der Waals surface area (Å²) >= 11 is 0. The second kappa shape index (κ2) is 8.31. The predicted molar refractivity (Wildman–Crippen MR) is 65.9 cm³/mol. The maximum Gasteiger partial charge on any atom is 0.317 e. The third-order valence-corrected chi connectivity index (χ3v) is 3.06. The molecule has 1 fully saturated rings. The molecule has 0 saturated carbocycles. The molecule has 1 atom stereocenters. The van der Waals surface area contributed by atoms with Gasteiger partial charge in [0.05, 0.1) is 12.7 Å². The zero-order valence-electron chi connectivity index (χ0n) is 10.7. The molecule has 5 nitrogen and oxygen atoms in total. The minimum Gasteiger partial charge on any atom is -0.395 e. The first-order valence-electron chi connectivity index (χ1n) is 6.53. The monoisotopic (exact) mass is 244 g/mol. The van der Waals surface area contributed by atoms with Gasteiger partial charge in [0.2, 0.25) is 0 Å². The van der Waals surface area contributed by atoms with Crippen molar-refractivity contribution in [1.82, 2.24) is 10.2 Å². The van der Waals surface area contributed by atoms with Crippen molar-refractivity contribution >= 4 is 6.03 Å². The van der Waals surface area contributed by atoms with Gasteiger partial charge >= 0.3 is 6.03 Å². The number of likely N-dealkylation sites (N-methyl/N-ethyl adjacent to an activating group) is 1. The predicted octanol–water partition coefficient (Wildman–Crippen LogP) is 0.969. The van der Waals surface area contributed by atoms with E-state index < -0.39 is 0 Å². The lowest BCUT2D eigenvalue weighted by molar-refractivity contribution is 0.0118. The van der Waals surface area contributed by atoms with Crippen molar-refractivity contribution in [2.24, 2.45) is 0 Å². The summed E-state index contributed by atoms with van der Waals surface area (Å²) in [5, 5.41) is 11.7. The van der Waals surface area contributed by atoms with E-state index in [4.69, 9.17) is 9.84 Å². The summed E-state index contributed by atoms with van der Waals surface area (Å²) in [5.74, 6) is 0. The van der Waals surface area contributed by atoms with E-state index in [1.165, 1.54) is 6.42 Å². The van der Waals surface area contributed by atoms with Gasteiger partial charge in [0.15, 0.2) is 0 Å². The highest BCUT2D eigenvalue weighted by Crippen LogP contribution is 2.14.